The van der Waals surface area contributed by atoms with Crippen molar-refractivity contribution in [3.8, 4) is 12.3 Å². The van der Waals surface area contributed by atoms with Gasteiger partial charge >= 0.3 is 6.03 Å². The molecule has 0 aliphatic carbocycles. The zero-order valence-corrected chi connectivity index (χ0v) is 16.6. The third kappa shape index (κ3) is 4.23. The monoisotopic (exact) mass is 360 g/mol. The number of aromatic nitrogens is 1. The van der Waals surface area contributed by atoms with E-state index < -0.39 is 0 Å². The quantitative estimate of drug-likeness (QED) is 0.573. The smallest absolute Gasteiger partial charge is 0.305 e. The molecule has 2 heterocycles. The van der Waals surface area contributed by atoms with Crippen LogP contribution in [0.1, 0.15) is 39.0 Å². The highest BCUT2D eigenvalue weighted by molar-refractivity contribution is 7.10. The molecule has 1 aromatic heterocycles. The summed E-state index contributed by atoms with van der Waals surface area (Å²) in [5.41, 5.74) is 2.17. The average molecular weight is 361 g/mol. The lowest BCUT2D eigenvalue weighted by atomic mass is 10.2. The molecule has 1 aliphatic rings. The standard InChI is InChI=1S/C19H28N4OS/c1-7-10-15(5)22-12-21(11-14(4)8-2)13-23(19(22)24)18-16(6)17(9-3)20-25-18/h2,7,10,14-15H,9,11-13H2,1,3-6H3. The van der Waals surface area contributed by atoms with Gasteiger partial charge in [0.2, 0.25) is 0 Å². The van der Waals surface area contributed by atoms with Crippen molar-refractivity contribution >= 4 is 22.6 Å². The highest BCUT2D eigenvalue weighted by Crippen LogP contribution is 2.31. The van der Waals surface area contributed by atoms with Crippen LogP contribution in [0.15, 0.2) is 12.2 Å². The van der Waals surface area contributed by atoms with Crippen LogP contribution in [0.25, 0.3) is 0 Å². The largest absolute Gasteiger partial charge is 0.327 e. The summed E-state index contributed by atoms with van der Waals surface area (Å²) in [6.45, 7) is 12.1. The van der Waals surface area contributed by atoms with Crippen LogP contribution in [0.4, 0.5) is 9.80 Å². The number of carbonyl (C=O) groups is 1. The molecular weight excluding hydrogens is 332 g/mol. The van der Waals surface area contributed by atoms with Crippen molar-refractivity contribution in [2.24, 2.45) is 5.92 Å². The highest BCUT2D eigenvalue weighted by atomic mass is 32.1. The summed E-state index contributed by atoms with van der Waals surface area (Å²) < 4.78 is 4.52. The lowest BCUT2D eigenvalue weighted by Crippen LogP contribution is -2.60. The lowest BCUT2D eigenvalue weighted by Gasteiger charge is -2.44. The van der Waals surface area contributed by atoms with Gasteiger partial charge in [0.05, 0.1) is 25.1 Å². The molecule has 2 amide bonds. The molecule has 1 saturated heterocycles. The van der Waals surface area contributed by atoms with Crippen molar-refractivity contribution in [3.05, 3.63) is 23.4 Å². The number of rotatable bonds is 6. The molecule has 2 unspecified atom stereocenters. The van der Waals surface area contributed by atoms with Gasteiger partial charge in [0, 0.05) is 18.0 Å². The highest BCUT2D eigenvalue weighted by Gasteiger charge is 2.35. The van der Waals surface area contributed by atoms with E-state index in [1.807, 2.05) is 49.6 Å². The molecule has 0 N–H and O–H groups in total. The molecule has 0 spiro atoms. The fourth-order valence-corrected chi connectivity index (χ4v) is 4.02. The average Bonchev–Trinajstić information content (AvgIpc) is 2.96. The zero-order chi connectivity index (χ0) is 18.6. The molecule has 0 bridgehead atoms. The summed E-state index contributed by atoms with van der Waals surface area (Å²) in [4.78, 5) is 19.1. The van der Waals surface area contributed by atoms with E-state index in [0.717, 1.165) is 29.2 Å². The molecule has 136 valence electrons. The predicted octanol–water partition coefficient (Wildman–Crippen LogP) is 3.71. The van der Waals surface area contributed by atoms with E-state index in [-0.39, 0.29) is 18.0 Å². The van der Waals surface area contributed by atoms with Gasteiger partial charge in [-0.25, -0.2) is 4.79 Å². The lowest BCUT2D eigenvalue weighted by molar-refractivity contribution is 0.0993. The van der Waals surface area contributed by atoms with E-state index >= 15 is 0 Å². The fraction of sp³-hybridized carbons (Fsp3) is 0.579. The van der Waals surface area contributed by atoms with Crippen LogP contribution in [0.2, 0.25) is 0 Å². The molecule has 2 rings (SSSR count). The Morgan fingerprint density at radius 1 is 1.40 bits per heavy atom. The number of terminal acetylenes is 1. The van der Waals surface area contributed by atoms with E-state index in [0.29, 0.717) is 13.3 Å². The Morgan fingerprint density at radius 3 is 2.68 bits per heavy atom. The Balaban J connectivity index is 2.33. The number of allylic oxidation sites excluding steroid dienone is 1. The topological polar surface area (TPSA) is 39.7 Å². The van der Waals surface area contributed by atoms with E-state index in [2.05, 4.69) is 22.1 Å². The van der Waals surface area contributed by atoms with Crippen molar-refractivity contribution in [3.63, 3.8) is 0 Å². The van der Waals surface area contributed by atoms with Crippen LogP contribution in [-0.2, 0) is 6.42 Å². The van der Waals surface area contributed by atoms with Gasteiger partial charge in [-0.15, -0.1) is 12.3 Å². The number of urea groups is 1. The molecule has 1 aromatic rings. The molecule has 6 heteroatoms. The Morgan fingerprint density at radius 2 is 2.12 bits per heavy atom. The molecular formula is C19H28N4OS. The van der Waals surface area contributed by atoms with Crippen molar-refractivity contribution < 1.29 is 4.79 Å². The van der Waals surface area contributed by atoms with Gasteiger partial charge in [-0.2, -0.15) is 4.37 Å². The van der Waals surface area contributed by atoms with Crippen LogP contribution >= 0.6 is 11.5 Å². The van der Waals surface area contributed by atoms with Gasteiger partial charge in [0.15, 0.2) is 0 Å². The van der Waals surface area contributed by atoms with Gasteiger partial charge in [0.1, 0.15) is 5.00 Å². The maximum atomic E-state index is 13.1. The van der Waals surface area contributed by atoms with Crippen molar-refractivity contribution in [1.82, 2.24) is 14.2 Å². The Hall–Kier alpha value is -1.84. The summed E-state index contributed by atoms with van der Waals surface area (Å²) in [6.07, 6.45) is 10.5. The maximum Gasteiger partial charge on any atom is 0.327 e. The first-order chi connectivity index (χ1) is 11.9. The normalized spacial score (nSPS) is 18.6. The maximum absolute atomic E-state index is 13.1. The first kappa shape index (κ1) is 19.5. The minimum atomic E-state index is 0.0304. The Kier molecular flexibility index (Phi) is 6.63. The second kappa shape index (κ2) is 8.50. The fourth-order valence-electron chi connectivity index (χ4n) is 3.07. The van der Waals surface area contributed by atoms with E-state index in [9.17, 15) is 4.79 Å². The van der Waals surface area contributed by atoms with Crippen LogP contribution in [-0.4, -0.2) is 46.1 Å². The third-order valence-corrected chi connectivity index (χ3v) is 5.54. The van der Waals surface area contributed by atoms with Gasteiger partial charge < -0.3 is 4.90 Å². The second-order valence-electron chi connectivity index (χ2n) is 6.56. The van der Waals surface area contributed by atoms with Crippen LogP contribution in [0.5, 0.6) is 0 Å². The van der Waals surface area contributed by atoms with E-state index in [1.165, 1.54) is 11.5 Å². The summed E-state index contributed by atoms with van der Waals surface area (Å²) in [6, 6.07) is 0.0624. The second-order valence-corrected chi connectivity index (χ2v) is 7.32. The zero-order valence-electron chi connectivity index (χ0n) is 15.8. The molecule has 25 heavy (non-hydrogen) atoms. The molecule has 1 aliphatic heterocycles. The minimum absolute atomic E-state index is 0.0304. The summed E-state index contributed by atoms with van der Waals surface area (Å²) in [5.74, 6) is 2.93. The van der Waals surface area contributed by atoms with E-state index in [1.54, 1.807) is 0 Å². The molecule has 0 aromatic carbocycles. The number of hydrogen-bond donors (Lipinski definition) is 0. The third-order valence-electron chi connectivity index (χ3n) is 4.53. The number of nitrogens with zero attached hydrogens (tertiary/aromatic N) is 4. The summed E-state index contributed by atoms with van der Waals surface area (Å²) in [7, 11) is 0. The first-order valence-corrected chi connectivity index (χ1v) is 9.54. The number of amides is 2. The van der Waals surface area contributed by atoms with Crippen molar-refractivity contribution in [2.75, 3.05) is 24.8 Å². The Bertz CT molecular complexity index is 675. The molecule has 0 saturated carbocycles. The molecule has 2 atom stereocenters. The van der Waals surface area contributed by atoms with Gasteiger partial charge in [-0.1, -0.05) is 26.0 Å². The molecule has 5 nitrogen and oxygen atoms in total. The minimum Gasteiger partial charge on any atom is -0.305 e. The predicted molar refractivity (Wildman–Crippen MR) is 105 cm³/mol. The number of carbonyl (C=O) groups excluding carboxylic acids is 1. The Labute approximate surface area is 155 Å². The number of anilines is 1. The first-order valence-electron chi connectivity index (χ1n) is 8.77. The van der Waals surface area contributed by atoms with Gasteiger partial charge in [-0.05, 0) is 38.7 Å². The van der Waals surface area contributed by atoms with Crippen molar-refractivity contribution in [1.29, 1.82) is 0 Å². The molecule has 1 fully saturated rings. The van der Waals surface area contributed by atoms with Gasteiger partial charge in [0.25, 0.3) is 0 Å². The van der Waals surface area contributed by atoms with Gasteiger partial charge in [-0.3, -0.25) is 9.80 Å². The SMILES string of the molecule is C#CC(C)CN1CN(c2snc(CC)c2C)C(=O)N(C(C)C=CC)C1. The van der Waals surface area contributed by atoms with Crippen LogP contribution < -0.4 is 4.90 Å². The summed E-state index contributed by atoms with van der Waals surface area (Å²) >= 11 is 1.41. The molecule has 0 radical (unpaired) electrons. The van der Waals surface area contributed by atoms with Crippen molar-refractivity contribution in [2.45, 2.75) is 47.1 Å². The van der Waals surface area contributed by atoms with E-state index in [4.69, 9.17) is 6.42 Å². The summed E-state index contributed by atoms with van der Waals surface area (Å²) in [5, 5.41) is 0.942. The van der Waals surface area contributed by atoms with Crippen LogP contribution in [0, 0.1) is 25.2 Å². The van der Waals surface area contributed by atoms with Crippen LogP contribution in [0.3, 0.4) is 0 Å². The number of aryl methyl sites for hydroxylation is 1. The number of hydrogen-bond acceptors (Lipinski definition) is 4.